The van der Waals surface area contributed by atoms with Crippen LogP contribution in [-0.4, -0.2) is 12.6 Å². The number of esters is 1. The third-order valence-corrected chi connectivity index (χ3v) is 1.67. The van der Waals surface area contributed by atoms with E-state index < -0.39 is 17.6 Å². The zero-order valence-electron chi connectivity index (χ0n) is 8.51. The van der Waals surface area contributed by atoms with Gasteiger partial charge in [-0.1, -0.05) is 5.92 Å². The van der Waals surface area contributed by atoms with Gasteiger partial charge in [0, 0.05) is 12.0 Å². The highest BCUT2D eigenvalue weighted by atomic mass is 19.1. The molecule has 0 aliphatic heterocycles. The molecule has 2 N–H and O–H groups in total. The van der Waals surface area contributed by atoms with Crippen molar-refractivity contribution in [2.24, 2.45) is 0 Å². The number of carbonyl (C=O) groups is 1. The summed E-state index contributed by atoms with van der Waals surface area (Å²) < 4.78 is 30.3. The number of nitrogens with two attached hydrogens (primary N) is 1. The van der Waals surface area contributed by atoms with E-state index in [1.54, 1.807) is 6.92 Å². The molecule has 1 rings (SSSR count). The molecule has 1 aromatic carbocycles. The molecule has 5 heteroatoms. The molecule has 0 spiro atoms. The predicted molar refractivity (Wildman–Crippen MR) is 54.3 cm³/mol. The third-order valence-electron chi connectivity index (χ3n) is 1.67. The van der Waals surface area contributed by atoms with Crippen molar-refractivity contribution in [3.63, 3.8) is 0 Å². The molecule has 3 nitrogen and oxygen atoms in total. The van der Waals surface area contributed by atoms with Crippen LogP contribution in [0, 0.1) is 23.5 Å². The van der Waals surface area contributed by atoms with Crippen LogP contribution in [0.25, 0.3) is 0 Å². The predicted octanol–water partition coefficient (Wildman–Crippen LogP) is 1.46. The number of rotatable bonds is 1. The minimum atomic E-state index is -0.909. The molecule has 0 fully saturated rings. The largest absolute Gasteiger partial charge is 0.456 e. The van der Waals surface area contributed by atoms with E-state index >= 15 is 0 Å². The molecule has 0 unspecified atom stereocenters. The normalized spacial score (nSPS) is 9.19. The summed E-state index contributed by atoms with van der Waals surface area (Å²) in [6, 6.07) is 1.59. The Labute approximate surface area is 91.2 Å². The Morgan fingerprint density at radius 1 is 1.50 bits per heavy atom. The molecule has 16 heavy (non-hydrogen) atoms. The first-order valence-corrected chi connectivity index (χ1v) is 4.48. The SMILES string of the molecule is CCOC(=O)C#Cc1cc(F)cc(F)c1N. The summed E-state index contributed by atoms with van der Waals surface area (Å²) in [5.74, 6) is 1.83. The maximum Gasteiger partial charge on any atom is 0.384 e. The Morgan fingerprint density at radius 2 is 2.19 bits per heavy atom. The zero-order chi connectivity index (χ0) is 12.1. The number of halogens is 2. The fourth-order valence-corrected chi connectivity index (χ4v) is 0.974. The van der Waals surface area contributed by atoms with Gasteiger partial charge >= 0.3 is 5.97 Å². The van der Waals surface area contributed by atoms with Crippen molar-refractivity contribution in [3.8, 4) is 11.8 Å². The Hall–Kier alpha value is -2.09. The van der Waals surface area contributed by atoms with Crippen molar-refractivity contribution in [2.45, 2.75) is 6.92 Å². The van der Waals surface area contributed by atoms with E-state index in [0.717, 1.165) is 6.07 Å². The van der Waals surface area contributed by atoms with E-state index in [9.17, 15) is 13.6 Å². The summed E-state index contributed by atoms with van der Waals surface area (Å²) in [6.45, 7) is 1.80. The van der Waals surface area contributed by atoms with E-state index in [4.69, 9.17) is 5.73 Å². The number of hydrogen-bond acceptors (Lipinski definition) is 3. The quantitative estimate of drug-likeness (QED) is 0.447. The van der Waals surface area contributed by atoms with E-state index in [1.807, 2.05) is 0 Å². The van der Waals surface area contributed by atoms with Crippen molar-refractivity contribution in [2.75, 3.05) is 12.3 Å². The van der Waals surface area contributed by atoms with Gasteiger partial charge in [0.05, 0.1) is 17.9 Å². The lowest BCUT2D eigenvalue weighted by Gasteiger charge is -1.99. The zero-order valence-corrected chi connectivity index (χ0v) is 8.51. The third kappa shape index (κ3) is 2.95. The Morgan fingerprint density at radius 3 is 2.81 bits per heavy atom. The van der Waals surface area contributed by atoms with Crippen LogP contribution < -0.4 is 5.73 Å². The number of carbonyl (C=O) groups excluding carboxylic acids is 1. The monoisotopic (exact) mass is 225 g/mol. The minimum absolute atomic E-state index is 0.0782. The summed E-state index contributed by atoms with van der Waals surface area (Å²) in [7, 11) is 0. The smallest absolute Gasteiger partial charge is 0.384 e. The molecule has 0 heterocycles. The lowest BCUT2D eigenvalue weighted by Crippen LogP contribution is -2.01. The van der Waals surface area contributed by atoms with Crippen molar-refractivity contribution in [1.29, 1.82) is 0 Å². The van der Waals surface area contributed by atoms with Crippen LogP contribution in [0.3, 0.4) is 0 Å². The summed E-state index contributed by atoms with van der Waals surface area (Å²) in [5.41, 5.74) is 4.94. The molecule has 0 radical (unpaired) electrons. The summed E-state index contributed by atoms with van der Waals surface area (Å²) in [6.07, 6.45) is 0. The maximum absolute atomic E-state index is 13.0. The fraction of sp³-hybridized carbons (Fsp3) is 0.182. The second-order valence-corrected chi connectivity index (χ2v) is 2.82. The lowest BCUT2D eigenvalue weighted by molar-refractivity contribution is -0.136. The molecule has 0 amide bonds. The maximum atomic E-state index is 13.0. The molecular weight excluding hydrogens is 216 g/mol. The second-order valence-electron chi connectivity index (χ2n) is 2.82. The van der Waals surface area contributed by atoms with E-state index in [1.165, 1.54) is 0 Å². The van der Waals surface area contributed by atoms with Crippen molar-refractivity contribution >= 4 is 11.7 Å². The summed E-state index contributed by atoms with van der Waals surface area (Å²) in [5, 5.41) is 0. The van der Waals surface area contributed by atoms with Crippen LogP contribution in [0.5, 0.6) is 0 Å². The summed E-state index contributed by atoms with van der Waals surface area (Å²) >= 11 is 0. The number of nitrogen functional groups attached to an aromatic ring is 1. The molecule has 0 aliphatic carbocycles. The van der Waals surface area contributed by atoms with Gasteiger partial charge in [0.15, 0.2) is 0 Å². The minimum Gasteiger partial charge on any atom is -0.456 e. The summed E-state index contributed by atoms with van der Waals surface area (Å²) in [4.78, 5) is 10.9. The van der Waals surface area contributed by atoms with Gasteiger partial charge in [-0.05, 0) is 13.0 Å². The Balaban J connectivity index is 3.01. The first-order chi connectivity index (χ1) is 7.54. The lowest BCUT2D eigenvalue weighted by atomic mass is 10.1. The Kier molecular flexibility index (Phi) is 3.84. The van der Waals surface area contributed by atoms with Crippen molar-refractivity contribution in [1.82, 2.24) is 0 Å². The van der Waals surface area contributed by atoms with Crippen LogP contribution >= 0.6 is 0 Å². The molecule has 0 saturated carbocycles. The standard InChI is InChI=1S/C11H9F2NO2/c1-2-16-10(15)4-3-7-5-8(12)6-9(13)11(7)14/h5-6H,2,14H2,1H3. The van der Waals surface area contributed by atoms with E-state index in [-0.39, 0.29) is 17.9 Å². The van der Waals surface area contributed by atoms with Gasteiger partial charge < -0.3 is 10.5 Å². The molecule has 1 aromatic rings. The number of hydrogen-bond donors (Lipinski definition) is 1. The van der Waals surface area contributed by atoms with Gasteiger partial charge in [-0.25, -0.2) is 13.6 Å². The van der Waals surface area contributed by atoms with Crippen LogP contribution in [0.1, 0.15) is 12.5 Å². The highest BCUT2D eigenvalue weighted by Crippen LogP contribution is 2.16. The highest BCUT2D eigenvalue weighted by Gasteiger charge is 2.06. The first-order valence-electron chi connectivity index (χ1n) is 4.48. The second kappa shape index (κ2) is 5.12. The van der Waals surface area contributed by atoms with Gasteiger partial charge in [-0.2, -0.15) is 0 Å². The van der Waals surface area contributed by atoms with Gasteiger partial charge in [0.2, 0.25) is 0 Å². The molecular formula is C11H9F2NO2. The van der Waals surface area contributed by atoms with E-state index in [0.29, 0.717) is 6.07 Å². The Bertz CT molecular complexity index is 475. The van der Waals surface area contributed by atoms with Gasteiger partial charge in [0.25, 0.3) is 0 Å². The number of ether oxygens (including phenoxy) is 1. The van der Waals surface area contributed by atoms with Crippen LogP contribution in [0.4, 0.5) is 14.5 Å². The van der Waals surface area contributed by atoms with Gasteiger partial charge in [0.1, 0.15) is 11.6 Å². The average molecular weight is 225 g/mol. The fourth-order valence-electron chi connectivity index (χ4n) is 0.974. The first kappa shape index (κ1) is 12.0. The van der Waals surface area contributed by atoms with E-state index in [2.05, 4.69) is 16.6 Å². The van der Waals surface area contributed by atoms with Crippen LogP contribution in [0.2, 0.25) is 0 Å². The molecule has 84 valence electrons. The molecule has 0 saturated heterocycles. The van der Waals surface area contributed by atoms with Crippen molar-refractivity contribution in [3.05, 3.63) is 29.3 Å². The molecule has 0 bridgehead atoms. The number of benzene rings is 1. The van der Waals surface area contributed by atoms with Gasteiger partial charge in [-0.3, -0.25) is 0 Å². The molecule has 0 atom stereocenters. The van der Waals surface area contributed by atoms with Crippen LogP contribution in [0.15, 0.2) is 12.1 Å². The highest BCUT2D eigenvalue weighted by molar-refractivity contribution is 5.89. The molecule has 0 aliphatic rings. The topological polar surface area (TPSA) is 52.3 Å². The van der Waals surface area contributed by atoms with Crippen molar-refractivity contribution < 1.29 is 18.3 Å². The number of anilines is 1. The van der Waals surface area contributed by atoms with Gasteiger partial charge in [-0.15, -0.1) is 0 Å². The van der Waals surface area contributed by atoms with Crippen LogP contribution in [-0.2, 0) is 9.53 Å². The molecule has 0 aromatic heterocycles. The average Bonchev–Trinajstić information content (AvgIpc) is 2.21.